The number of nitrogens with zero attached hydrogens (tertiary/aromatic N) is 4. The maximum atomic E-state index is 11.9. The second kappa shape index (κ2) is 5.06. The van der Waals surface area contributed by atoms with Crippen molar-refractivity contribution in [1.82, 2.24) is 25.1 Å². The molecule has 0 unspecified atom stereocenters. The molecular weight excluding hydrogens is 330 g/mol. The Kier molecular flexibility index (Phi) is 3.26. The predicted molar refractivity (Wildman–Crippen MR) is 74.0 cm³/mol. The van der Waals surface area contributed by atoms with Gasteiger partial charge in [0, 0.05) is 10.0 Å². The smallest absolute Gasteiger partial charge is 0.251 e. The topological polar surface area (TPSA) is 72.2 Å². The standard InChI is InChI=1S/C11H8BrN5OS/c12-8-3-1-2-7(4-8)10(18)13-5-9-16-17-6-14-15-11(17)19-9/h1-4,6H,5H2,(H,13,18). The summed E-state index contributed by atoms with van der Waals surface area (Å²) in [6, 6.07) is 7.23. The molecular formula is C11H8BrN5OS. The first kappa shape index (κ1) is 12.2. The van der Waals surface area contributed by atoms with Gasteiger partial charge in [-0.15, -0.1) is 10.2 Å². The van der Waals surface area contributed by atoms with Gasteiger partial charge in [0.15, 0.2) is 0 Å². The second-order valence-corrected chi connectivity index (χ2v) is 5.70. The number of halogens is 1. The van der Waals surface area contributed by atoms with Gasteiger partial charge in [0.25, 0.3) is 5.91 Å². The van der Waals surface area contributed by atoms with Gasteiger partial charge in [-0.05, 0) is 18.2 Å². The molecule has 0 aliphatic heterocycles. The van der Waals surface area contributed by atoms with E-state index in [-0.39, 0.29) is 5.91 Å². The van der Waals surface area contributed by atoms with Gasteiger partial charge >= 0.3 is 0 Å². The maximum absolute atomic E-state index is 11.9. The van der Waals surface area contributed by atoms with Crippen LogP contribution >= 0.6 is 27.3 Å². The zero-order valence-electron chi connectivity index (χ0n) is 9.58. The Morgan fingerprint density at radius 3 is 3.16 bits per heavy atom. The van der Waals surface area contributed by atoms with E-state index < -0.39 is 0 Å². The van der Waals surface area contributed by atoms with Crippen molar-refractivity contribution in [1.29, 1.82) is 0 Å². The highest BCUT2D eigenvalue weighted by Gasteiger charge is 2.09. The van der Waals surface area contributed by atoms with Crippen molar-refractivity contribution in [2.24, 2.45) is 0 Å². The van der Waals surface area contributed by atoms with Crippen LogP contribution in [-0.4, -0.2) is 25.7 Å². The van der Waals surface area contributed by atoms with Crippen LogP contribution in [0, 0.1) is 0 Å². The van der Waals surface area contributed by atoms with Gasteiger partial charge < -0.3 is 5.32 Å². The molecule has 2 aromatic heterocycles. The normalized spacial score (nSPS) is 10.8. The Morgan fingerprint density at radius 2 is 2.37 bits per heavy atom. The maximum Gasteiger partial charge on any atom is 0.251 e. The van der Waals surface area contributed by atoms with Crippen molar-refractivity contribution in [2.75, 3.05) is 0 Å². The number of rotatable bonds is 3. The summed E-state index contributed by atoms with van der Waals surface area (Å²) in [5, 5.41) is 15.5. The second-order valence-electron chi connectivity index (χ2n) is 3.75. The van der Waals surface area contributed by atoms with E-state index in [0.717, 1.165) is 9.48 Å². The molecule has 6 nitrogen and oxygen atoms in total. The summed E-state index contributed by atoms with van der Waals surface area (Å²) in [6.45, 7) is 0.374. The molecule has 0 atom stereocenters. The molecule has 0 aliphatic rings. The van der Waals surface area contributed by atoms with Crippen LogP contribution in [0.15, 0.2) is 35.1 Å². The molecule has 96 valence electrons. The van der Waals surface area contributed by atoms with Crippen molar-refractivity contribution in [2.45, 2.75) is 6.54 Å². The molecule has 0 aliphatic carbocycles. The van der Waals surface area contributed by atoms with Crippen LogP contribution < -0.4 is 5.32 Å². The van der Waals surface area contributed by atoms with E-state index in [1.807, 2.05) is 12.1 Å². The molecule has 0 fully saturated rings. The van der Waals surface area contributed by atoms with Gasteiger partial charge in [0.2, 0.25) is 4.96 Å². The Labute approximate surface area is 120 Å². The number of fused-ring (bicyclic) bond motifs is 1. The van der Waals surface area contributed by atoms with Crippen LogP contribution in [0.2, 0.25) is 0 Å². The molecule has 0 radical (unpaired) electrons. The fourth-order valence-electron chi connectivity index (χ4n) is 1.56. The van der Waals surface area contributed by atoms with Crippen LogP contribution in [0.25, 0.3) is 4.96 Å². The summed E-state index contributed by atoms with van der Waals surface area (Å²) < 4.78 is 2.46. The third-order valence-electron chi connectivity index (χ3n) is 2.42. The summed E-state index contributed by atoms with van der Waals surface area (Å²) in [4.78, 5) is 12.6. The Morgan fingerprint density at radius 1 is 1.47 bits per heavy atom. The molecule has 8 heteroatoms. The summed E-state index contributed by atoms with van der Waals surface area (Å²) in [6.07, 6.45) is 1.53. The molecule has 0 saturated heterocycles. The first-order chi connectivity index (χ1) is 9.22. The average Bonchev–Trinajstić information content (AvgIpc) is 2.96. The van der Waals surface area contributed by atoms with E-state index in [4.69, 9.17) is 0 Å². The lowest BCUT2D eigenvalue weighted by Crippen LogP contribution is -2.22. The number of nitrogens with one attached hydrogen (secondary N) is 1. The molecule has 2 heterocycles. The largest absolute Gasteiger partial charge is 0.345 e. The molecule has 0 bridgehead atoms. The van der Waals surface area contributed by atoms with Crippen molar-refractivity contribution >= 4 is 38.1 Å². The van der Waals surface area contributed by atoms with Crippen molar-refractivity contribution in [3.8, 4) is 0 Å². The minimum atomic E-state index is -0.132. The van der Waals surface area contributed by atoms with E-state index in [0.29, 0.717) is 17.1 Å². The van der Waals surface area contributed by atoms with Crippen LogP contribution in [-0.2, 0) is 6.54 Å². The highest BCUT2D eigenvalue weighted by atomic mass is 79.9. The van der Waals surface area contributed by atoms with Crippen LogP contribution in [0.3, 0.4) is 0 Å². The molecule has 0 saturated carbocycles. The first-order valence-electron chi connectivity index (χ1n) is 5.42. The van der Waals surface area contributed by atoms with Gasteiger partial charge in [0.05, 0.1) is 6.54 Å². The number of hydrogen-bond donors (Lipinski definition) is 1. The van der Waals surface area contributed by atoms with Gasteiger partial charge in [-0.2, -0.15) is 9.61 Å². The number of carbonyl (C=O) groups excluding carboxylic acids is 1. The molecule has 1 aromatic carbocycles. The molecule has 3 aromatic rings. The average molecular weight is 338 g/mol. The number of benzene rings is 1. The fraction of sp³-hybridized carbons (Fsp3) is 0.0909. The minimum absolute atomic E-state index is 0.132. The van der Waals surface area contributed by atoms with Crippen molar-refractivity contribution < 1.29 is 4.79 Å². The Balaban J connectivity index is 1.69. The van der Waals surface area contributed by atoms with Crippen molar-refractivity contribution in [3.05, 3.63) is 45.6 Å². The lowest BCUT2D eigenvalue weighted by molar-refractivity contribution is 0.0950. The lowest BCUT2D eigenvalue weighted by Gasteiger charge is -2.02. The lowest BCUT2D eigenvalue weighted by atomic mass is 10.2. The van der Waals surface area contributed by atoms with E-state index in [9.17, 15) is 4.79 Å². The predicted octanol–water partition coefficient (Wildman–Crippen LogP) is 1.88. The highest BCUT2D eigenvalue weighted by molar-refractivity contribution is 9.10. The molecule has 3 rings (SSSR count). The number of aromatic nitrogens is 4. The first-order valence-corrected chi connectivity index (χ1v) is 7.03. The van der Waals surface area contributed by atoms with Crippen LogP contribution in [0.4, 0.5) is 0 Å². The van der Waals surface area contributed by atoms with E-state index in [1.165, 1.54) is 17.7 Å². The number of carbonyl (C=O) groups is 1. The molecule has 19 heavy (non-hydrogen) atoms. The minimum Gasteiger partial charge on any atom is -0.345 e. The summed E-state index contributed by atoms with van der Waals surface area (Å²) in [5.74, 6) is -0.132. The van der Waals surface area contributed by atoms with Gasteiger partial charge in [-0.3, -0.25) is 4.79 Å². The van der Waals surface area contributed by atoms with Crippen LogP contribution in [0.1, 0.15) is 15.4 Å². The summed E-state index contributed by atoms with van der Waals surface area (Å²) >= 11 is 4.73. The van der Waals surface area contributed by atoms with Gasteiger partial charge in [-0.25, -0.2) is 0 Å². The number of hydrogen-bond acceptors (Lipinski definition) is 5. The summed E-state index contributed by atoms with van der Waals surface area (Å²) in [5.41, 5.74) is 0.609. The molecule has 0 spiro atoms. The van der Waals surface area contributed by atoms with E-state index in [2.05, 4.69) is 36.5 Å². The zero-order chi connectivity index (χ0) is 13.2. The summed E-state index contributed by atoms with van der Waals surface area (Å²) in [7, 11) is 0. The van der Waals surface area contributed by atoms with Crippen LogP contribution in [0.5, 0.6) is 0 Å². The third kappa shape index (κ3) is 2.64. The highest BCUT2D eigenvalue weighted by Crippen LogP contribution is 2.13. The van der Waals surface area contributed by atoms with E-state index >= 15 is 0 Å². The SMILES string of the molecule is O=C(NCc1nn2cnnc2s1)c1cccc(Br)c1. The molecule has 1 amide bonds. The quantitative estimate of drug-likeness (QED) is 0.791. The van der Waals surface area contributed by atoms with Gasteiger partial charge in [0.1, 0.15) is 11.3 Å². The van der Waals surface area contributed by atoms with Gasteiger partial charge in [-0.1, -0.05) is 33.3 Å². The Bertz CT molecular complexity index is 709. The number of amides is 1. The Hall–Kier alpha value is -1.80. The third-order valence-corrected chi connectivity index (χ3v) is 3.82. The monoisotopic (exact) mass is 337 g/mol. The molecule has 1 N–H and O–H groups in total. The zero-order valence-corrected chi connectivity index (χ0v) is 12.0. The fourth-order valence-corrected chi connectivity index (χ4v) is 2.71. The van der Waals surface area contributed by atoms with E-state index in [1.54, 1.807) is 16.6 Å². The van der Waals surface area contributed by atoms with Crippen molar-refractivity contribution in [3.63, 3.8) is 0 Å².